The molecule has 0 saturated carbocycles. The SMILES string of the molecule is COc1cccc2c1CCC2(N)C(=O)N1CCC2(CC1)CNC2. The summed E-state index contributed by atoms with van der Waals surface area (Å²) < 4.78 is 5.44. The number of carbonyl (C=O) groups excluding carboxylic acids is 1. The fourth-order valence-electron chi connectivity index (χ4n) is 4.41. The van der Waals surface area contributed by atoms with Crippen molar-refractivity contribution in [2.24, 2.45) is 11.1 Å². The lowest BCUT2D eigenvalue weighted by molar-refractivity contribution is -0.140. The minimum Gasteiger partial charge on any atom is -0.496 e. The number of carbonyl (C=O) groups is 1. The van der Waals surface area contributed by atoms with Crippen LogP contribution in [0.15, 0.2) is 18.2 Å². The Morgan fingerprint density at radius 3 is 2.61 bits per heavy atom. The van der Waals surface area contributed by atoms with E-state index in [-0.39, 0.29) is 5.91 Å². The Bertz CT molecular complexity index is 631. The van der Waals surface area contributed by atoms with Crippen molar-refractivity contribution in [3.8, 4) is 5.75 Å². The average molecular weight is 315 g/mol. The van der Waals surface area contributed by atoms with Gasteiger partial charge in [-0.2, -0.15) is 0 Å². The molecule has 2 saturated heterocycles. The number of methoxy groups -OCH3 is 1. The zero-order chi connectivity index (χ0) is 16.1. The Morgan fingerprint density at radius 1 is 1.26 bits per heavy atom. The molecule has 1 aliphatic carbocycles. The number of nitrogens with two attached hydrogens (primary N) is 1. The number of nitrogens with one attached hydrogen (secondary N) is 1. The van der Waals surface area contributed by atoms with Crippen LogP contribution in [0, 0.1) is 5.41 Å². The van der Waals surface area contributed by atoms with E-state index in [1.807, 2.05) is 23.1 Å². The molecule has 3 N–H and O–H groups in total. The Labute approximate surface area is 137 Å². The van der Waals surface area contributed by atoms with Crippen LogP contribution in [0.3, 0.4) is 0 Å². The molecule has 124 valence electrons. The number of nitrogens with zero attached hydrogens (tertiary/aromatic N) is 1. The largest absolute Gasteiger partial charge is 0.496 e. The third-order valence-corrected chi connectivity index (χ3v) is 6.10. The molecule has 2 fully saturated rings. The van der Waals surface area contributed by atoms with Crippen molar-refractivity contribution in [2.75, 3.05) is 33.3 Å². The second-order valence-corrected chi connectivity index (χ2v) is 7.35. The molecule has 0 radical (unpaired) electrons. The molecule has 2 heterocycles. The van der Waals surface area contributed by atoms with Crippen molar-refractivity contribution in [3.05, 3.63) is 29.3 Å². The van der Waals surface area contributed by atoms with Crippen molar-refractivity contribution in [1.29, 1.82) is 0 Å². The Kier molecular flexibility index (Phi) is 3.39. The van der Waals surface area contributed by atoms with E-state index in [0.29, 0.717) is 11.8 Å². The molecule has 4 rings (SSSR count). The van der Waals surface area contributed by atoms with E-state index >= 15 is 0 Å². The summed E-state index contributed by atoms with van der Waals surface area (Å²) >= 11 is 0. The molecule has 1 amide bonds. The number of benzene rings is 1. The second-order valence-electron chi connectivity index (χ2n) is 7.35. The molecule has 1 aromatic carbocycles. The highest BCUT2D eigenvalue weighted by Gasteiger charge is 2.47. The summed E-state index contributed by atoms with van der Waals surface area (Å²) in [7, 11) is 1.67. The van der Waals surface area contributed by atoms with E-state index < -0.39 is 5.54 Å². The molecule has 5 heteroatoms. The first-order chi connectivity index (χ1) is 11.1. The maximum atomic E-state index is 13.1. The lowest BCUT2D eigenvalue weighted by Gasteiger charge is -2.49. The Morgan fingerprint density at radius 2 is 2.00 bits per heavy atom. The van der Waals surface area contributed by atoms with Crippen LogP contribution in [-0.4, -0.2) is 44.1 Å². The van der Waals surface area contributed by atoms with Crippen LogP contribution in [-0.2, 0) is 16.8 Å². The van der Waals surface area contributed by atoms with Gasteiger partial charge in [-0.3, -0.25) is 4.79 Å². The van der Waals surface area contributed by atoms with Crippen molar-refractivity contribution >= 4 is 5.91 Å². The number of hydrogen-bond donors (Lipinski definition) is 2. The number of fused-ring (bicyclic) bond motifs is 1. The van der Waals surface area contributed by atoms with Gasteiger partial charge in [0.2, 0.25) is 5.91 Å². The topological polar surface area (TPSA) is 67.6 Å². The normalized spacial score (nSPS) is 28.3. The molecule has 1 aromatic rings. The van der Waals surface area contributed by atoms with Crippen LogP contribution in [0.1, 0.15) is 30.4 Å². The summed E-state index contributed by atoms with van der Waals surface area (Å²) in [6.45, 7) is 3.86. The third-order valence-electron chi connectivity index (χ3n) is 6.10. The minimum absolute atomic E-state index is 0.0895. The third kappa shape index (κ3) is 2.17. The minimum atomic E-state index is -0.883. The van der Waals surface area contributed by atoms with Gasteiger partial charge in [-0.05, 0) is 48.3 Å². The van der Waals surface area contributed by atoms with E-state index in [1.165, 1.54) is 0 Å². The predicted octanol–water partition coefficient (Wildman–Crippen LogP) is 1.01. The van der Waals surface area contributed by atoms with Crippen molar-refractivity contribution < 1.29 is 9.53 Å². The summed E-state index contributed by atoms with van der Waals surface area (Å²) in [5.74, 6) is 0.937. The number of likely N-dealkylation sites (tertiary alicyclic amines) is 1. The van der Waals surface area contributed by atoms with Gasteiger partial charge in [0.05, 0.1) is 7.11 Å². The first-order valence-electron chi connectivity index (χ1n) is 8.53. The predicted molar refractivity (Wildman–Crippen MR) is 88.3 cm³/mol. The summed E-state index contributed by atoms with van der Waals surface area (Å²) in [6, 6.07) is 5.87. The van der Waals surface area contributed by atoms with E-state index in [9.17, 15) is 4.79 Å². The average Bonchev–Trinajstić information content (AvgIpc) is 2.91. The highest BCUT2D eigenvalue weighted by Crippen LogP contribution is 2.42. The number of hydrogen-bond acceptors (Lipinski definition) is 4. The molecule has 2 aliphatic heterocycles. The van der Waals surface area contributed by atoms with Gasteiger partial charge in [-0.25, -0.2) is 0 Å². The molecular formula is C18H25N3O2. The monoisotopic (exact) mass is 315 g/mol. The van der Waals surface area contributed by atoms with Crippen molar-refractivity contribution in [2.45, 2.75) is 31.2 Å². The van der Waals surface area contributed by atoms with Gasteiger partial charge in [0.1, 0.15) is 11.3 Å². The van der Waals surface area contributed by atoms with E-state index in [4.69, 9.17) is 10.5 Å². The van der Waals surface area contributed by atoms with Gasteiger partial charge in [-0.15, -0.1) is 0 Å². The van der Waals surface area contributed by atoms with Crippen LogP contribution >= 0.6 is 0 Å². The molecule has 1 atom stereocenters. The van der Waals surface area contributed by atoms with Gasteiger partial charge >= 0.3 is 0 Å². The van der Waals surface area contributed by atoms with Crippen molar-refractivity contribution in [3.63, 3.8) is 0 Å². The van der Waals surface area contributed by atoms with Crippen molar-refractivity contribution in [1.82, 2.24) is 10.2 Å². The highest BCUT2D eigenvalue weighted by atomic mass is 16.5. The number of rotatable bonds is 2. The standard InChI is InChI=1S/C18H25N3O2/c1-23-15-4-2-3-14-13(15)5-6-18(14,19)16(22)21-9-7-17(8-10-21)11-20-12-17/h2-4,20H,5-12,19H2,1H3. The maximum absolute atomic E-state index is 13.1. The Balaban J connectivity index is 1.56. The van der Waals surface area contributed by atoms with Crippen LogP contribution in [0.4, 0.5) is 0 Å². The van der Waals surface area contributed by atoms with Gasteiger partial charge in [0, 0.05) is 26.2 Å². The van der Waals surface area contributed by atoms with Gasteiger partial charge in [0.15, 0.2) is 0 Å². The van der Waals surface area contributed by atoms with Crippen LogP contribution < -0.4 is 15.8 Å². The van der Waals surface area contributed by atoms with Gasteiger partial charge < -0.3 is 20.7 Å². The molecule has 23 heavy (non-hydrogen) atoms. The number of piperidine rings is 1. The van der Waals surface area contributed by atoms with Gasteiger partial charge in [0.25, 0.3) is 0 Å². The van der Waals surface area contributed by atoms with Crippen LogP contribution in [0.25, 0.3) is 0 Å². The second kappa shape index (κ2) is 5.21. The number of amides is 1. The maximum Gasteiger partial charge on any atom is 0.247 e. The van der Waals surface area contributed by atoms with Gasteiger partial charge in [-0.1, -0.05) is 12.1 Å². The molecule has 3 aliphatic rings. The molecule has 1 spiro atoms. The van der Waals surface area contributed by atoms with Crippen LogP contribution in [0.5, 0.6) is 5.75 Å². The van der Waals surface area contributed by atoms with E-state index in [0.717, 1.165) is 62.3 Å². The van der Waals surface area contributed by atoms with E-state index in [1.54, 1.807) is 7.11 Å². The number of ether oxygens (including phenoxy) is 1. The lowest BCUT2D eigenvalue weighted by atomic mass is 9.73. The summed E-state index contributed by atoms with van der Waals surface area (Å²) in [5.41, 5.74) is 8.23. The molecule has 1 unspecified atom stereocenters. The molecular weight excluding hydrogens is 290 g/mol. The quantitative estimate of drug-likeness (QED) is 0.855. The fraction of sp³-hybridized carbons (Fsp3) is 0.611. The first kappa shape index (κ1) is 15.0. The Hall–Kier alpha value is -1.59. The molecule has 0 bridgehead atoms. The first-order valence-corrected chi connectivity index (χ1v) is 8.53. The fourth-order valence-corrected chi connectivity index (χ4v) is 4.41. The zero-order valence-corrected chi connectivity index (χ0v) is 13.7. The summed E-state index contributed by atoms with van der Waals surface area (Å²) in [5, 5.41) is 3.36. The smallest absolute Gasteiger partial charge is 0.247 e. The van der Waals surface area contributed by atoms with E-state index in [2.05, 4.69) is 5.32 Å². The molecule has 5 nitrogen and oxygen atoms in total. The molecule has 0 aromatic heterocycles. The summed E-state index contributed by atoms with van der Waals surface area (Å²) in [6.07, 6.45) is 3.66. The van der Waals surface area contributed by atoms with Crippen LogP contribution in [0.2, 0.25) is 0 Å². The zero-order valence-electron chi connectivity index (χ0n) is 13.7. The lowest BCUT2D eigenvalue weighted by Crippen LogP contribution is -2.61. The highest BCUT2D eigenvalue weighted by molar-refractivity contribution is 5.89. The summed E-state index contributed by atoms with van der Waals surface area (Å²) in [4.78, 5) is 15.1.